The van der Waals surface area contributed by atoms with Crippen LogP contribution < -0.4 is 15.9 Å². The zero-order valence-electron chi connectivity index (χ0n) is 15.0. The van der Waals surface area contributed by atoms with Gasteiger partial charge >= 0.3 is 0 Å². The van der Waals surface area contributed by atoms with Crippen molar-refractivity contribution in [3.05, 3.63) is 60.4 Å². The number of carbonyl (C=O) groups is 1. The number of ether oxygens (including phenoxy) is 1. The standard InChI is InChI=1S/C17H13Br2Cl2N7O2/c18-11-3-10(6-23-24-15(29)7-28-17(22)25-26-27-28)16(13(19)4-11)30-8-9-1-2-12(20)5-14(9)21/h1-6H,7-8H2,(H,24,29)(H2,22,25,27)/b23-6+. The number of tetrazole rings is 1. The van der Waals surface area contributed by atoms with Crippen molar-refractivity contribution in [3.63, 3.8) is 0 Å². The van der Waals surface area contributed by atoms with E-state index in [1.807, 2.05) is 6.07 Å². The molecule has 0 saturated heterocycles. The molecule has 0 aliphatic heterocycles. The summed E-state index contributed by atoms with van der Waals surface area (Å²) in [7, 11) is 0. The Labute approximate surface area is 197 Å². The summed E-state index contributed by atoms with van der Waals surface area (Å²) in [6.07, 6.45) is 1.45. The molecule has 0 bridgehead atoms. The molecule has 3 N–H and O–H groups in total. The van der Waals surface area contributed by atoms with Crippen LogP contribution in [0.4, 0.5) is 5.95 Å². The fraction of sp³-hybridized carbons (Fsp3) is 0.118. The Bertz CT molecular complexity index is 1110. The molecular formula is C17H13Br2Cl2N7O2. The lowest BCUT2D eigenvalue weighted by molar-refractivity contribution is -0.121. The van der Waals surface area contributed by atoms with Crippen LogP contribution in [0.3, 0.4) is 0 Å². The van der Waals surface area contributed by atoms with Gasteiger partial charge in [0.15, 0.2) is 0 Å². The minimum Gasteiger partial charge on any atom is -0.487 e. The average Bonchev–Trinajstić information content (AvgIpc) is 3.07. The number of nitrogens with zero attached hydrogens (tertiary/aromatic N) is 5. The summed E-state index contributed by atoms with van der Waals surface area (Å²) in [6.45, 7) is 0.0405. The van der Waals surface area contributed by atoms with Crippen LogP contribution in [0.2, 0.25) is 10.0 Å². The van der Waals surface area contributed by atoms with Gasteiger partial charge in [-0.05, 0) is 50.6 Å². The summed E-state index contributed by atoms with van der Waals surface area (Å²) in [5.41, 5.74) is 9.30. The van der Waals surface area contributed by atoms with Crippen molar-refractivity contribution in [2.75, 3.05) is 5.73 Å². The Balaban J connectivity index is 1.71. The zero-order chi connectivity index (χ0) is 21.7. The Hall–Kier alpha value is -2.21. The Kier molecular flexibility index (Phi) is 7.64. The molecule has 0 unspecified atom stereocenters. The Morgan fingerprint density at radius 3 is 2.80 bits per heavy atom. The van der Waals surface area contributed by atoms with Crippen molar-refractivity contribution in [3.8, 4) is 5.75 Å². The highest BCUT2D eigenvalue weighted by Gasteiger charge is 2.12. The van der Waals surface area contributed by atoms with Gasteiger partial charge < -0.3 is 10.5 Å². The SMILES string of the molecule is Nc1nnnn1CC(=O)N/N=C/c1cc(Br)cc(Br)c1OCc1ccc(Cl)cc1Cl. The number of halogens is 4. The smallest absolute Gasteiger partial charge is 0.261 e. The van der Waals surface area contributed by atoms with Crippen LogP contribution in [0.1, 0.15) is 11.1 Å². The molecule has 9 nitrogen and oxygen atoms in total. The summed E-state index contributed by atoms with van der Waals surface area (Å²) in [5.74, 6) is 0.100. The van der Waals surface area contributed by atoms with Gasteiger partial charge in [0.25, 0.3) is 5.91 Å². The molecule has 0 aliphatic carbocycles. The summed E-state index contributed by atoms with van der Waals surface area (Å²) in [5, 5.41) is 15.5. The summed E-state index contributed by atoms with van der Waals surface area (Å²) >= 11 is 19.0. The number of nitrogen functional groups attached to an aromatic ring is 1. The number of amides is 1. The average molecular weight is 578 g/mol. The molecule has 2 aromatic carbocycles. The van der Waals surface area contributed by atoms with E-state index in [4.69, 9.17) is 33.7 Å². The molecule has 3 aromatic rings. The van der Waals surface area contributed by atoms with Crippen LogP contribution >= 0.6 is 55.1 Å². The molecule has 30 heavy (non-hydrogen) atoms. The molecule has 1 aromatic heterocycles. The number of anilines is 1. The molecule has 0 atom stereocenters. The van der Waals surface area contributed by atoms with E-state index < -0.39 is 5.91 Å². The first kappa shape index (κ1) is 22.5. The van der Waals surface area contributed by atoms with Crippen LogP contribution in [-0.2, 0) is 17.9 Å². The third-order valence-electron chi connectivity index (χ3n) is 3.67. The van der Waals surface area contributed by atoms with E-state index in [9.17, 15) is 4.79 Å². The van der Waals surface area contributed by atoms with Crippen molar-refractivity contribution in [2.45, 2.75) is 13.2 Å². The third-order valence-corrected chi connectivity index (χ3v) is 5.30. The number of aromatic nitrogens is 4. The van der Waals surface area contributed by atoms with Gasteiger partial charge in [0.2, 0.25) is 5.95 Å². The highest BCUT2D eigenvalue weighted by Crippen LogP contribution is 2.33. The predicted molar refractivity (Wildman–Crippen MR) is 121 cm³/mol. The van der Waals surface area contributed by atoms with Crippen molar-refractivity contribution >= 4 is 73.1 Å². The van der Waals surface area contributed by atoms with Gasteiger partial charge in [-0.3, -0.25) is 4.79 Å². The normalized spacial score (nSPS) is 11.1. The maximum absolute atomic E-state index is 12.0. The monoisotopic (exact) mass is 575 g/mol. The van der Waals surface area contributed by atoms with Crippen molar-refractivity contribution in [1.82, 2.24) is 25.6 Å². The van der Waals surface area contributed by atoms with Crippen molar-refractivity contribution in [2.24, 2.45) is 5.10 Å². The summed E-state index contributed by atoms with van der Waals surface area (Å²) in [6, 6.07) is 8.79. The quantitative estimate of drug-likeness (QED) is 0.325. The van der Waals surface area contributed by atoms with E-state index >= 15 is 0 Å². The molecule has 1 amide bonds. The minimum atomic E-state index is -0.449. The van der Waals surface area contributed by atoms with Crippen LogP contribution in [0, 0.1) is 0 Å². The fourth-order valence-corrected chi connectivity index (χ4v) is 4.12. The second-order valence-corrected chi connectivity index (χ2v) is 8.43. The molecule has 0 fully saturated rings. The zero-order valence-corrected chi connectivity index (χ0v) is 19.7. The third kappa shape index (κ3) is 5.91. The van der Waals surface area contributed by atoms with Gasteiger partial charge in [0, 0.05) is 25.6 Å². The highest BCUT2D eigenvalue weighted by atomic mass is 79.9. The minimum absolute atomic E-state index is 0.0293. The largest absolute Gasteiger partial charge is 0.487 e. The first-order valence-electron chi connectivity index (χ1n) is 8.23. The molecular weight excluding hydrogens is 565 g/mol. The number of carbonyl (C=O) groups excluding carboxylic acids is 1. The van der Waals surface area contributed by atoms with Gasteiger partial charge in [-0.2, -0.15) is 5.10 Å². The van der Waals surface area contributed by atoms with Gasteiger partial charge in [-0.15, -0.1) is 0 Å². The van der Waals surface area contributed by atoms with E-state index in [0.29, 0.717) is 25.8 Å². The molecule has 13 heteroatoms. The number of rotatable bonds is 7. The molecule has 0 spiro atoms. The van der Waals surface area contributed by atoms with Crippen molar-refractivity contribution in [1.29, 1.82) is 0 Å². The highest BCUT2D eigenvalue weighted by molar-refractivity contribution is 9.11. The number of nitrogens with one attached hydrogen (secondary N) is 1. The van der Waals surface area contributed by atoms with Crippen LogP contribution in [0.5, 0.6) is 5.75 Å². The van der Waals surface area contributed by atoms with Gasteiger partial charge in [-0.1, -0.05) is 50.3 Å². The van der Waals surface area contributed by atoms with E-state index in [2.05, 4.69) is 57.9 Å². The van der Waals surface area contributed by atoms with Gasteiger partial charge in [0.05, 0.1) is 10.7 Å². The first-order chi connectivity index (χ1) is 14.3. The van der Waals surface area contributed by atoms with Gasteiger partial charge in [-0.25, -0.2) is 10.1 Å². The molecule has 0 radical (unpaired) electrons. The topological polar surface area (TPSA) is 120 Å². The maximum Gasteiger partial charge on any atom is 0.261 e. The van der Waals surface area contributed by atoms with E-state index in [0.717, 1.165) is 14.7 Å². The van der Waals surface area contributed by atoms with Crippen LogP contribution in [-0.4, -0.2) is 32.3 Å². The molecule has 156 valence electrons. The number of nitrogens with two attached hydrogens (primary N) is 1. The van der Waals surface area contributed by atoms with E-state index in [-0.39, 0.29) is 19.1 Å². The van der Waals surface area contributed by atoms with Crippen LogP contribution in [0.25, 0.3) is 0 Å². The lowest BCUT2D eigenvalue weighted by atomic mass is 10.2. The summed E-state index contributed by atoms with van der Waals surface area (Å²) < 4.78 is 8.57. The first-order valence-corrected chi connectivity index (χ1v) is 10.6. The second kappa shape index (κ2) is 10.2. The fourth-order valence-electron chi connectivity index (χ4n) is 2.29. The second-order valence-electron chi connectivity index (χ2n) is 5.82. The number of hydrogen-bond acceptors (Lipinski definition) is 7. The molecule has 0 aliphatic rings. The number of hydrazone groups is 1. The molecule has 0 saturated carbocycles. The lowest BCUT2D eigenvalue weighted by Gasteiger charge is -2.13. The van der Waals surface area contributed by atoms with E-state index in [1.165, 1.54) is 6.21 Å². The lowest BCUT2D eigenvalue weighted by Crippen LogP contribution is -2.24. The van der Waals surface area contributed by atoms with Gasteiger partial charge in [0.1, 0.15) is 18.9 Å². The predicted octanol–water partition coefficient (Wildman–Crippen LogP) is 3.82. The van der Waals surface area contributed by atoms with Crippen LogP contribution in [0.15, 0.2) is 44.4 Å². The Morgan fingerprint density at radius 1 is 1.30 bits per heavy atom. The maximum atomic E-state index is 12.0. The number of hydrogen-bond donors (Lipinski definition) is 2. The van der Waals surface area contributed by atoms with Crippen molar-refractivity contribution < 1.29 is 9.53 Å². The van der Waals surface area contributed by atoms with E-state index in [1.54, 1.807) is 24.3 Å². The molecule has 1 heterocycles. The number of benzene rings is 2. The Morgan fingerprint density at radius 2 is 2.10 bits per heavy atom. The molecule has 3 rings (SSSR count). The summed E-state index contributed by atoms with van der Waals surface area (Å²) in [4.78, 5) is 12.0.